The van der Waals surface area contributed by atoms with Crippen LogP contribution in [0.5, 0.6) is 0 Å². The number of aromatic nitrogens is 1. The first-order valence-corrected chi connectivity index (χ1v) is 11.3. The molecule has 3 heterocycles. The normalized spacial score (nSPS) is 15.3. The molecule has 0 saturated carbocycles. The average molecular weight is 436 g/mol. The third kappa shape index (κ3) is 5.49. The van der Waals surface area contributed by atoms with Crippen LogP contribution in [0, 0.1) is 5.92 Å². The van der Waals surface area contributed by atoms with Gasteiger partial charge < -0.3 is 15.0 Å². The number of nitrogens with zero attached hydrogens (tertiary/aromatic N) is 2. The highest BCUT2D eigenvalue weighted by Crippen LogP contribution is 2.26. The lowest BCUT2D eigenvalue weighted by molar-refractivity contribution is -0.126. The maximum Gasteiger partial charge on any atom is 0.410 e. The van der Waals surface area contributed by atoms with Crippen LogP contribution in [-0.4, -0.2) is 35.0 Å². The van der Waals surface area contributed by atoms with Crippen LogP contribution < -0.4 is 5.32 Å². The first-order chi connectivity index (χ1) is 15.2. The summed E-state index contributed by atoms with van der Waals surface area (Å²) >= 11 is 1.60. The Bertz CT molecular complexity index is 972. The predicted molar refractivity (Wildman–Crippen MR) is 119 cm³/mol. The molecule has 1 unspecified atom stereocenters. The molecule has 2 aromatic heterocycles. The smallest absolute Gasteiger partial charge is 0.410 e. The molecule has 0 radical (unpaired) electrons. The zero-order valence-corrected chi connectivity index (χ0v) is 18.0. The fourth-order valence-electron chi connectivity index (χ4n) is 3.69. The summed E-state index contributed by atoms with van der Waals surface area (Å²) in [5.41, 5.74) is 1.78. The molecular formula is C24H25N3O3S. The molecule has 1 aromatic carbocycles. The monoisotopic (exact) mass is 435 g/mol. The maximum atomic E-state index is 13.0. The summed E-state index contributed by atoms with van der Waals surface area (Å²) in [4.78, 5) is 32.5. The van der Waals surface area contributed by atoms with Crippen LogP contribution >= 0.6 is 11.3 Å². The van der Waals surface area contributed by atoms with Crippen LogP contribution in [0.2, 0.25) is 0 Å². The average Bonchev–Trinajstić information content (AvgIpc) is 3.37. The summed E-state index contributed by atoms with van der Waals surface area (Å²) in [5.74, 6) is -0.134. The van der Waals surface area contributed by atoms with Crippen LogP contribution in [-0.2, 0) is 16.1 Å². The largest absolute Gasteiger partial charge is 0.445 e. The summed E-state index contributed by atoms with van der Waals surface area (Å²) in [6, 6.07) is 19.1. The SMILES string of the molecule is O=C(NC(c1ccccn1)c1cccs1)C1CCN(C(=O)OCc2ccccc2)CC1. The number of hydrogen-bond acceptors (Lipinski definition) is 5. The fourth-order valence-corrected chi connectivity index (χ4v) is 4.48. The van der Waals surface area contributed by atoms with Crippen molar-refractivity contribution in [3.05, 3.63) is 88.4 Å². The van der Waals surface area contributed by atoms with E-state index in [4.69, 9.17) is 4.74 Å². The molecule has 0 bridgehead atoms. The minimum atomic E-state index is -0.326. The highest BCUT2D eigenvalue weighted by molar-refractivity contribution is 7.10. The van der Waals surface area contributed by atoms with E-state index in [1.165, 1.54) is 0 Å². The molecule has 31 heavy (non-hydrogen) atoms. The fraction of sp³-hybridized carbons (Fsp3) is 0.292. The molecule has 2 amide bonds. The summed E-state index contributed by atoms with van der Waals surface area (Å²) in [7, 11) is 0. The Morgan fingerprint density at radius 2 is 1.84 bits per heavy atom. The number of carbonyl (C=O) groups is 2. The molecule has 1 saturated heterocycles. The van der Waals surface area contributed by atoms with Gasteiger partial charge >= 0.3 is 6.09 Å². The van der Waals surface area contributed by atoms with Gasteiger partial charge in [-0.1, -0.05) is 42.5 Å². The Hall–Kier alpha value is -3.19. The Balaban J connectivity index is 1.31. The number of benzene rings is 1. The van der Waals surface area contributed by atoms with Gasteiger partial charge in [-0.25, -0.2) is 4.79 Å². The second-order valence-corrected chi connectivity index (χ2v) is 8.49. The van der Waals surface area contributed by atoms with Crippen LogP contribution in [0.15, 0.2) is 72.2 Å². The van der Waals surface area contributed by atoms with Gasteiger partial charge in [-0.3, -0.25) is 9.78 Å². The number of thiophene rings is 1. The van der Waals surface area contributed by atoms with Crippen molar-refractivity contribution in [2.24, 2.45) is 5.92 Å². The van der Waals surface area contributed by atoms with E-state index in [0.29, 0.717) is 25.9 Å². The quantitative estimate of drug-likeness (QED) is 0.623. The van der Waals surface area contributed by atoms with Crippen molar-refractivity contribution in [3.8, 4) is 0 Å². The lowest BCUT2D eigenvalue weighted by Gasteiger charge is -2.31. The standard InChI is InChI=1S/C24H25N3O3S/c28-23(26-22(21-10-6-16-31-21)20-9-4-5-13-25-20)19-11-14-27(15-12-19)24(29)30-17-18-7-2-1-3-8-18/h1-10,13,16,19,22H,11-12,14-15,17H2,(H,26,28). The first kappa shape index (κ1) is 21.1. The molecule has 1 aliphatic heterocycles. The highest BCUT2D eigenvalue weighted by atomic mass is 32.1. The second-order valence-electron chi connectivity index (χ2n) is 7.51. The number of amides is 2. The van der Waals surface area contributed by atoms with Crippen molar-refractivity contribution in [2.75, 3.05) is 13.1 Å². The van der Waals surface area contributed by atoms with Crippen molar-refractivity contribution >= 4 is 23.3 Å². The molecule has 3 aromatic rings. The Morgan fingerprint density at radius 1 is 1.06 bits per heavy atom. The summed E-state index contributed by atoms with van der Waals surface area (Å²) in [5, 5.41) is 5.17. The number of rotatable bonds is 6. The number of likely N-dealkylation sites (tertiary alicyclic amines) is 1. The van der Waals surface area contributed by atoms with Crippen LogP contribution in [0.3, 0.4) is 0 Å². The number of ether oxygens (including phenoxy) is 1. The van der Waals surface area contributed by atoms with E-state index in [-0.39, 0.29) is 30.6 Å². The predicted octanol–water partition coefficient (Wildman–Crippen LogP) is 4.40. The van der Waals surface area contributed by atoms with E-state index in [2.05, 4.69) is 10.3 Å². The van der Waals surface area contributed by atoms with Crippen molar-refractivity contribution in [3.63, 3.8) is 0 Å². The number of carbonyl (C=O) groups excluding carboxylic acids is 2. The molecule has 6 nitrogen and oxygen atoms in total. The molecule has 1 fully saturated rings. The molecule has 0 aliphatic carbocycles. The molecule has 1 aliphatic rings. The van der Waals surface area contributed by atoms with Gasteiger partial charge in [0.15, 0.2) is 0 Å². The molecule has 1 N–H and O–H groups in total. The molecule has 160 valence electrons. The Kier molecular flexibility index (Phi) is 6.94. The molecular weight excluding hydrogens is 410 g/mol. The Labute approximate surface area is 185 Å². The summed E-state index contributed by atoms with van der Waals surface area (Å²) < 4.78 is 5.41. The van der Waals surface area contributed by atoms with Crippen LogP contribution in [0.1, 0.15) is 35.0 Å². The molecule has 1 atom stereocenters. The lowest BCUT2D eigenvalue weighted by atomic mass is 9.95. The van der Waals surface area contributed by atoms with Crippen molar-refractivity contribution in [1.82, 2.24) is 15.2 Å². The zero-order valence-electron chi connectivity index (χ0n) is 17.1. The van der Waals surface area contributed by atoms with Gasteiger partial charge in [0.25, 0.3) is 0 Å². The molecule has 4 rings (SSSR count). The molecule has 0 spiro atoms. The van der Waals surface area contributed by atoms with Crippen molar-refractivity contribution in [2.45, 2.75) is 25.5 Å². The van der Waals surface area contributed by atoms with Crippen LogP contribution in [0.25, 0.3) is 0 Å². The first-order valence-electron chi connectivity index (χ1n) is 10.4. The van der Waals surface area contributed by atoms with Crippen molar-refractivity contribution in [1.29, 1.82) is 0 Å². The van der Waals surface area contributed by atoms with Gasteiger partial charge in [0.1, 0.15) is 12.6 Å². The minimum Gasteiger partial charge on any atom is -0.445 e. The second kappa shape index (κ2) is 10.2. The van der Waals surface area contributed by atoms with Gasteiger partial charge in [-0.15, -0.1) is 11.3 Å². The number of nitrogens with one attached hydrogen (secondary N) is 1. The summed E-state index contributed by atoms with van der Waals surface area (Å²) in [6.07, 6.45) is 2.64. The number of pyridine rings is 1. The van der Waals surface area contributed by atoms with Crippen molar-refractivity contribution < 1.29 is 14.3 Å². The number of piperidine rings is 1. The van der Waals surface area contributed by atoms with Gasteiger partial charge in [0.2, 0.25) is 5.91 Å². The maximum absolute atomic E-state index is 13.0. The third-order valence-corrected chi connectivity index (χ3v) is 6.36. The highest BCUT2D eigenvalue weighted by Gasteiger charge is 2.30. The zero-order chi connectivity index (χ0) is 21.5. The van der Waals surface area contributed by atoms with Gasteiger partial charge in [0, 0.05) is 30.1 Å². The van der Waals surface area contributed by atoms with Crippen LogP contribution in [0.4, 0.5) is 4.79 Å². The van der Waals surface area contributed by atoms with E-state index in [1.54, 1.807) is 22.4 Å². The van der Waals surface area contributed by atoms with E-state index in [1.807, 2.05) is 66.0 Å². The van der Waals surface area contributed by atoms with Gasteiger partial charge in [0.05, 0.1) is 5.69 Å². The van der Waals surface area contributed by atoms with E-state index < -0.39 is 0 Å². The lowest BCUT2D eigenvalue weighted by Crippen LogP contribution is -2.44. The summed E-state index contributed by atoms with van der Waals surface area (Å²) in [6.45, 7) is 1.28. The van der Waals surface area contributed by atoms with Gasteiger partial charge in [-0.05, 0) is 42.0 Å². The van der Waals surface area contributed by atoms with E-state index in [9.17, 15) is 9.59 Å². The van der Waals surface area contributed by atoms with E-state index >= 15 is 0 Å². The minimum absolute atomic E-state index is 0.00126. The third-order valence-electron chi connectivity index (χ3n) is 5.43. The van der Waals surface area contributed by atoms with E-state index in [0.717, 1.165) is 16.1 Å². The Morgan fingerprint density at radius 3 is 2.52 bits per heavy atom. The number of hydrogen-bond donors (Lipinski definition) is 1. The topological polar surface area (TPSA) is 71.5 Å². The van der Waals surface area contributed by atoms with Gasteiger partial charge in [-0.2, -0.15) is 0 Å². The molecule has 7 heteroatoms.